The van der Waals surface area contributed by atoms with Crippen LogP contribution in [-0.4, -0.2) is 25.6 Å². The minimum Gasteiger partial charge on any atom is -0.496 e. The lowest BCUT2D eigenvalue weighted by Crippen LogP contribution is -2.42. The fourth-order valence-corrected chi connectivity index (χ4v) is 2.12. The van der Waals surface area contributed by atoms with Crippen molar-refractivity contribution in [2.45, 2.75) is 39.8 Å². The highest BCUT2D eigenvalue weighted by atomic mass is 35.5. The van der Waals surface area contributed by atoms with Gasteiger partial charge in [-0.05, 0) is 31.4 Å². The Bertz CT molecular complexity index is 464. The summed E-state index contributed by atoms with van der Waals surface area (Å²) in [4.78, 5) is 11.9. The number of carbonyl (C=O) groups excluding carboxylic acids is 1. The molecular formula is C16H25ClN2O2. The molecule has 4 nitrogen and oxygen atoms in total. The van der Waals surface area contributed by atoms with Crippen LogP contribution in [-0.2, 0) is 11.3 Å². The Labute approximate surface area is 132 Å². The van der Waals surface area contributed by atoms with E-state index < -0.39 is 0 Å². The summed E-state index contributed by atoms with van der Waals surface area (Å²) in [7, 11) is 1.61. The van der Waals surface area contributed by atoms with E-state index in [2.05, 4.69) is 24.5 Å². The molecule has 0 fully saturated rings. The molecule has 1 rings (SSSR count). The van der Waals surface area contributed by atoms with Crippen molar-refractivity contribution in [2.24, 2.45) is 5.92 Å². The lowest BCUT2D eigenvalue weighted by molar-refractivity contribution is -0.122. The van der Waals surface area contributed by atoms with Crippen molar-refractivity contribution in [3.63, 3.8) is 0 Å². The van der Waals surface area contributed by atoms with Crippen LogP contribution in [0.3, 0.4) is 0 Å². The molecule has 0 aliphatic carbocycles. The van der Waals surface area contributed by atoms with E-state index in [-0.39, 0.29) is 11.9 Å². The summed E-state index contributed by atoms with van der Waals surface area (Å²) in [6, 6.07) is 5.23. The average molecular weight is 313 g/mol. The molecule has 0 spiro atoms. The summed E-state index contributed by atoms with van der Waals surface area (Å²) in [5, 5.41) is 6.74. The molecule has 0 aromatic heterocycles. The van der Waals surface area contributed by atoms with Gasteiger partial charge in [0.1, 0.15) is 5.75 Å². The molecule has 2 N–H and O–H groups in total. The fraction of sp³-hybridized carbons (Fsp3) is 0.562. The van der Waals surface area contributed by atoms with Gasteiger partial charge in [-0.1, -0.05) is 31.5 Å². The van der Waals surface area contributed by atoms with E-state index in [0.29, 0.717) is 24.0 Å². The molecular weight excluding hydrogens is 288 g/mol. The van der Waals surface area contributed by atoms with Crippen LogP contribution < -0.4 is 15.4 Å². The minimum atomic E-state index is -0.279. The summed E-state index contributed by atoms with van der Waals surface area (Å²) in [6.07, 6.45) is 0.983. The Morgan fingerprint density at radius 2 is 2.05 bits per heavy atom. The quantitative estimate of drug-likeness (QED) is 0.776. The highest BCUT2D eigenvalue weighted by molar-refractivity contribution is 6.31. The van der Waals surface area contributed by atoms with Crippen molar-refractivity contribution in [3.05, 3.63) is 28.8 Å². The first-order valence-corrected chi connectivity index (χ1v) is 7.66. The summed E-state index contributed by atoms with van der Waals surface area (Å²) in [6.45, 7) is 7.31. The summed E-state index contributed by atoms with van der Waals surface area (Å²) >= 11 is 6.17. The van der Waals surface area contributed by atoms with Crippen molar-refractivity contribution in [1.82, 2.24) is 10.6 Å². The second-order valence-corrected chi connectivity index (χ2v) is 5.90. The first-order chi connectivity index (χ1) is 9.95. The van der Waals surface area contributed by atoms with Crippen LogP contribution in [0.1, 0.15) is 32.8 Å². The number of hydrogen-bond donors (Lipinski definition) is 2. The third kappa shape index (κ3) is 5.94. The largest absolute Gasteiger partial charge is 0.496 e. The number of amides is 1. The first kappa shape index (κ1) is 17.8. The molecule has 0 saturated carbocycles. The maximum Gasteiger partial charge on any atom is 0.236 e. The third-order valence-electron chi connectivity index (χ3n) is 3.30. The second-order valence-electron chi connectivity index (χ2n) is 5.50. The molecule has 0 bridgehead atoms. The highest BCUT2D eigenvalue weighted by Gasteiger charge is 2.14. The average Bonchev–Trinajstić information content (AvgIpc) is 2.44. The predicted molar refractivity (Wildman–Crippen MR) is 86.8 cm³/mol. The summed E-state index contributed by atoms with van der Waals surface area (Å²) in [5.74, 6) is 1.31. The smallest absolute Gasteiger partial charge is 0.236 e. The highest BCUT2D eigenvalue weighted by Crippen LogP contribution is 2.25. The van der Waals surface area contributed by atoms with Crippen molar-refractivity contribution in [2.75, 3.05) is 13.7 Å². The number of methoxy groups -OCH3 is 1. The molecule has 5 heteroatoms. The van der Waals surface area contributed by atoms with E-state index in [1.807, 2.05) is 25.1 Å². The summed E-state index contributed by atoms with van der Waals surface area (Å²) in [5.41, 5.74) is 0.864. The van der Waals surface area contributed by atoms with Crippen molar-refractivity contribution < 1.29 is 9.53 Å². The number of ether oxygens (including phenoxy) is 1. The van der Waals surface area contributed by atoms with Crippen LogP contribution >= 0.6 is 11.6 Å². The van der Waals surface area contributed by atoms with Gasteiger partial charge >= 0.3 is 0 Å². The fourth-order valence-electron chi connectivity index (χ4n) is 1.89. The van der Waals surface area contributed by atoms with Gasteiger partial charge in [0.25, 0.3) is 0 Å². The number of carbonyl (C=O) groups is 1. The normalized spacial score (nSPS) is 12.3. The molecule has 1 unspecified atom stereocenters. The lowest BCUT2D eigenvalue weighted by atomic mass is 10.1. The Morgan fingerprint density at radius 1 is 1.33 bits per heavy atom. The van der Waals surface area contributed by atoms with Gasteiger partial charge in [-0.3, -0.25) is 4.79 Å². The monoisotopic (exact) mass is 312 g/mol. The zero-order valence-corrected chi connectivity index (χ0v) is 14.0. The van der Waals surface area contributed by atoms with E-state index in [9.17, 15) is 4.79 Å². The zero-order valence-electron chi connectivity index (χ0n) is 13.2. The SMILES string of the molecule is COc1cccc(Cl)c1CNC(C)C(=O)NCCC(C)C. The molecule has 1 amide bonds. The van der Waals surface area contributed by atoms with Crippen molar-refractivity contribution in [1.29, 1.82) is 0 Å². The number of halogens is 1. The van der Waals surface area contributed by atoms with Gasteiger partial charge < -0.3 is 15.4 Å². The van der Waals surface area contributed by atoms with Crippen LogP contribution in [0.2, 0.25) is 5.02 Å². The van der Waals surface area contributed by atoms with E-state index in [4.69, 9.17) is 16.3 Å². The van der Waals surface area contributed by atoms with E-state index >= 15 is 0 Å². The predicted octanol–water partition coefficient (Wildman–Crippen LogP) is 2.99. The summed E-state index contributed by atoms with van der Waals surface area (Å²) < 4.78 is 5.29. The van der Waals surface area contributed by atoms with E-state index in [1.165, 1.54) is 0 Å². The molecule has 1 atom stereocenters. The van der Waals surface area contributed by atoms with Crippen LogP contribution in [0.15, 0.2) is 18.2 Å². The van der Waals surface area contributed by atoms with E-state index in [0.717, 1.165) is 17.7 Å². The number of rotatable bonds is 8. The van der Waals surface area contributed by atoms with Gasteiger partial charge in [0, 0.05) is 23.7 Å². The standard InChI is InChI=1S/C16H25ClN2O2/c1-11(2)8-9-18-16(20)12(3)19-10-13-14(17)6-5-7-15(13)21-4/h5-7,11-12,19H,8-10H2,1-4H3,(H,18,20). The molecule has 0 saturated heterocycles. The lowest BCUT2D eigenvalue weighted by Gasteiger charge is -2.16. The Hall–Kier alpha value is -1.26. The molecule has 0 aliphatic rings. The van der Waals surface area contributed by atoms with Gasteiger partial charge in [-0.15, -0.1) is 0 Å². The van der Waals surface area contributed by atoms with Crippen LogP contribution in [0.25, 0.3) is 0 Å². The Morgan fingerprint density at radius 3 is 2.67 bits per heavy atom. The van der Waals surface area contributed by atoms with Gasteiger partial charge in [-0.25, -0.2) is 0 Å². The topological polar surface area (TPSA) is 50.4 Å². The second kappa shape index (κ2) is 8.90. The van der Waals surface area contributed by atoms with Crippen molar-refractivity contribution >= 4 is 17.5 Å². The zero-order chi connectivity index (χ0) is 15.8. The van der Waals surface area contributed by atoms with Crippen molar-refractivity contribution in [3.8, 4) is 5.75 Å². The third-order valence-corrected chi connectivity index (χ3v) is 3.65. The number of nitrogens with one attached hydrogen (secondary N) is 2. The maximum atomic E-state index is 11.9. The van der Waals surface area contributed by atoms with E-state index in [1.54, 1.807) is 7.11 Å². The molecule has 0 aliphatic heterocycles. The van der Waals surface area contributed by atoms with Gasteiger partial charge in [-0.2, -0.15) is 0 Å². The Balaban J connectivity index is 2.49. The maximum absolute atomic E-state index is 11.9. The van der Waals surface area contributed by atoms with Gasteiger partial charge in [0.2, 0.25) is 5.91 Å². The molecule has 0 radical (unpaired) electrons. The molecule has 1 aromatic rings. The van der Waals surface area contributed by atoms with Crippen LogP contribution in [0.5, 0.6) is 5.75 Å². The number of benzene rings is 1. The molecule has 0 heterocycles. The first-order valence-electron chi connectivity index (χ1n) is 7.28. The molecule has 1 aromatic carbocycles. The minimum absolute atomic E-state index is 0.00155. The van der Waals surface area contributed by atoms with Gasteiger partial charge in [0.15, 0.2) is 0 Å². The van der Waals surface area contributed by atoms with Crippen LogP contribution in [0.4, 0.5) is 0 Å². The van der Waals surface area contributed by atoms with Crippen LogP contribution in [0, 0.1) is 5.92 Å². The Kier molecular flexibility index (Phi) is 7.54. The molecule has 118 valence electrons. The van der Waals surface area contributed by atoms with Gasteiger partial charge in [0.05, 0.1) is 13.2 Å². The molecule has 21 heavy (non-hydrogen) atoms. The number of hydrogen-bond acceptors (Lipinski definition) is 3.